The third kappa shape index (κ3) is 30.2. The van der Waals surface area contributed by atoms with Gasteiger partial charge in [0.1, 0.15) is 28.5 Å². The number of ketones is 4. The number of carbonyl (C=O) groups is 5. The molecule has 31 heteroatoms. The van der Waals surface area contributed by atoms with Crippen molar-refractivity contribution in [2.75, 3.05) is 34.1 Å². The molecule has 0 aliphatic heterocycles. The standard InChI is InChI=1S/C32H37ClN2O4.C26H35N3O5S2.C25H33N3O4S2.C17H16N2O3/c1-2-3-4-5-6-7-8-9-10-11-12-17-29(36)34-22-18-19-28-27(20-22)35-32(39-28)31(38)25-21-26(33)23-15-13-14-16-24(23)30(25)37;1-3-4-5-6-7-8-9-10-11-12-18-34-28-22-15-13-14-20-19(22)16-17-21(23(20)30)24(31)25-27-26(29-35-25)36(2,32)33;1-2-3-4-5-6-7-8-9-10-13-18-34(31,32)28-25-27-26-24(33-25)23(30)21-17-16-19-14-11-12-15-20(19)22(21)29;1-9(2)16-18-17(22-19-16)15(21)12-7-6-11-5-4-10(3)8-13(11)14(12)20/h13-16,18-21,37H,2-12,17H2,1H3,(H,34,36);13-17,28,30H,3-12,18H2,1-2H3;11-12,14-17,29H,2-10,13,18H2,1H3,(H,27,28);4-9,20H,1-3H3. The van der Waals surface area contributed by atoms with E-state index < -0.39 is 48.1 Å². The van der Waals surface area contributed by atoms with Crippen molar-refractivity contribution in [1.82, 2.24) is 34.7 Å². The van der Waals surface area contributed by atoms with Crippen molar-refractivity contribution >= 4 is 154 Å². The van der Waals surface area contributed by atoms with Gasteiger partial charge in [-0.1, -0.05) is 339 Å². The molecule has 0 radical (unpaired) electrons. The molecule has 9 aromatic carbocycles. The maximum absolute atomic E-state index is 13.1. The lowest BCUT2D eigenvalue weighted by atomic mass is 10.0. The molecular weight excluding hydrogens is 1760 g/mol. The van der Waals surface area contributed by atoms with Gasteiger partial charge < -0.3 is 34.7 Å². The van der Waals surface area contributed by atoms with Crippen molar-refractivity contribution in [3.05, 3.63) is 206 Å². The van der Waals surface area contributed by atoms with E-state index in [1.165, 1.54) is 166 Å². The number of phenolic OH excluding ortho intramolecular Hbond substituents is 4. The normalized spacial score (nSPS) is 11.5. The third-order valence-corrected chi connectivity index (χ3v) is 26.7. The summed E-state index contributed by atoms with van der Waals surface area (Å²) in [5, 5.41) is 61.9. The Hall–Kier alpha value is -11.2. The Labute approximate surface area is 779 Å². The first-order valence-corrected chi connectivity index (χ1v) is 51.3. The number of unbranched alkanes of at least 4 members (excludes halogenated alkanes) is 28. The molecule has 0 fully saturated rings. The number of aryl methyl sites for hydroxylation is 1. The summed E-state index contributed by atoms with van der Waals surface area (Å²) in [4.78, 5) is 81.6. The highest BCUT2D eigenvalue weighted by molar-refractivity contribution is 7.92. The fraction of sp³-hybridized carbons (Fsp3) is 0.420. The number of amides is 1. The van der Waals surface area contributed by atoms with Crippen molar-refractivity contribution in [1.29, 1.82) is 0 Å². The number of halogens is 1. The van der Waals surface area contributed by atoms with E-state index in [4.69, 9.17) is 25.4 Å². The average molecular weight is 1880 g/mol. The largest absolute Gasteiger partial charge is 0.507 e. The second-order valence-corrected chi connectivity index (χ2v) is 39.2. The van der Waals surface area contributed by atoms with Crippen molar-refractivity contribution in [3.8, 4) is 23.0 Å². The Kier molecular flexibility index (Phi) is 40.2. The number of sulfonamides is 1. The monoisotopic (exact) mass is 1880 g/mol. The van der Waals surface area contributed by atoms with Gasteiger partial charge in [-0.05, 0) is 103 Å². The minimum Gasteiger partial charge on any atom is -0.507 e. The summed E-state index contributed by atoms with van der Waals surface area (Å²) < 4.78 is 64.8. The van der Waals surface area contributed by atoms with Crippen LogP contribution in [0.5, 0.6) is 23.0 Å². The molecule has 0 saturated carbocycles. The van der Waals surface area contributed by atoms with Gasteiger partial charge in [0.25, 0.3) is 28.5 Å². The van der Waals surface area contributed by atoms with Gasteiger partial charge in [-0.3, -0.25) is 39.0 Å². The molecule has 13 rings (SSSR count). The number of carbonyl (C=O) groups excluding carboxylic acids is 5. The highest BCUT2D eigenvalue weighted by atomic mass is 35.5. The Bertz CT molecular complexity index is 6230. The number of rotatable bonds is 49. The Balaban J connectivity index is 0.000000184. The zero-order chi connectivity index (χ0) is 93.8. The summed E-state index contributed by atoms with van der Waals surface area (Å²) in [5.74, 6) is -2.43. The number of nitrogens with zero attached hydrogens (tertiary/aromatic N) is 7. The lowest BCUT2D eigenvalue weighted by Crippen LogP contribution is -2.16. The molecule has 131 heavy (non-hydrogen) atoms. The molecule has 4 heterocycles. The number of oxazole rings is 1. The molecule has 7 N–H and O–H groups in total. The van der Waals surface area contributed by atoms with E-state index in [-0.39, 0.29) is 89.8 Å². The number of hydrogen-bond donors (Lipinski definition) is 7. The quantitative estimate of drug-likeness (QED) is 0.0106. The molecule has 0 bridgehead atoms. The van der Waals surface area contributed by atoms with Crippen LogP contribution >= 0.6 is 34.5 Å². The minimum absolute atomic E-state index is 0.0117. The SMILES string of the molecule is CCCCCCCCCCCCCC(=O)Nc1ccc2oc(C(=O)c3cc(Cl)c4ccccc4c3O)nc2c1.CCCCCCCCCCCCONc1cccc2c(O)c(C(=O)c3nc(S(C)(=O)=O)ns3)ccc12.CCCCCCCCCCCCS(=O)(=O)Nc1nnc(C(=O)c2ccc3ccccc3c2O)s1.Cc1ccc2ccc(C(=O)c3nc(C(C)C)no3)c(O)c2c1. The van der Waals surface area contributed by atoms with Crippen LogP contribution in [-0.4, -0.2) is 120 Å². The van der Waals surface area contributed by atoms with Crippen LogP contribution < -0.4 is 15.5 Å². The zero-order valence-electron chi connectivity index (χ0n) is 75.8. The molecule has 4 aromatic heterocycles. The molecule has 0 aliphatic rings. The molecule has 1 amide bonds. The van der Waals surface area contributed by atoms with E-state index in [1.807, 2.05) is 63.2 Å². The Morgan fingerprint density at radius 2 is 0.985 bits per heavy atom. The van der Waals surface area contributed by atoms with E-state index in [1.54, 1.807) is 84.9 Å². The van der Waals surface area contributed by atoms with E-state index in [0.717, 1.165) is 78.9 Å². The maximum atomic E-state index is 13.1. The van der Waals surface area contributed by atoms with Gasteiger partial charge >= 0.3 is 0 Å². The fourth-order valence-corrected chi connectivity index (χ4v) is 18.9. The van der Waals surface area contributed by atoms with Gasteiger partial charge in [0.05, 0.1) is 40.3 Å². The lowest BCUT2D eigenvalue weighted by molar-refractivity contribution is -0.116. The summed E-state index contributed by atoms with van der Waals surface area (Å²) >= 11 is 7.90. The van der Waals surface area contributed by atoms with Crippen LogP contribution in [0.3, 0.4) is 0 Å². The average Bonchev–Trinajstić information content (AvgIpc) is 1.64. The zero-order valence-corrected chi connectivity index (χ0v) is 79.8. The van der Waals surface area contributed by atoms with Crippen molar-refractivity contribution in [3.63, 3.8) is 0 Å². The molecule has 0 spiro atoms. The number of fused-ring (bicyclic) bond motifs is 5. The fourth-order valence-electron chi connectivity index (χ4n) is 15.0. The number of sulfone groups is 1. The van der Waals surface area contributed by atoms with Crippen molar-refractivity contribution < 1.29 is 75.0 Å². The first-order valence-electron chi connectivity index (χ1n) is 45.7. The molecule has 0 saturated heterocycles. The van der Waals surface area contributed by atoms with Crippen LogP contribution in [0.2, 0.25) is 5.02 Å². The van der Waals surface area contributed by atoms with E-state index in [9.17, 15) is 61.2 Å². The number of anilines is 3. The van der Waals surface area contributed by atoms with Crippen LogP contribution in [0.4, 0.5) is 16.5 Å². The van der Waals surface area contributed by atoms with Gasteiger partial charge in [-0.25, -0.2) is 26.8 Å². The molecular formula is C100H121ClN10O16S4. The molecule has 0 aliphatic carbocycles. The minimum atomic E-state index is -3.62. The van der Waals surface area contributed by atoms with Crippen LogP contribution in [0.15, 0.2) is 160 Å². The highest BCUT2D eigenvalue weighted by Crippen LogP contribution is 2.39. The smallest absolute Gasteiger partial charge is 0.299 e. The van der Waals surface area contributed by atoms with Crippen LogP contribution in [0, 0.1) is 6.92 Å². The topological polar surface area (TPSA) is 396 Å². The van der Waals surface area contributed by atoms with Gasteiger partial charge in [-0.2, -0.15) is 9.36 Å². The second kappa shape index (κ2) is 51.6. The third-order valence-electron chi connectivity index (χ3n) is 22.4. The summed E-state index contributed by atoms with van der Waals surface area (Å²) in [6.45, 7) is 13.0. The highest BCUT2D eigenvalue weighted by Gasteiger charge is 2.28. The number of benzene rings is 9. The predicted molar refractivity (Wildman–Crippen MR) is 522 cm³/mol. The van der Waals surface area contributed by atoms with Gasteiger partial charge in [0.15, 0.2) is 21.4 Å². The molecule has 0 unspecified atom stereocenters. The number of hydrogen-bond acceptors (Lipinski definition) is 26. The first kappa shape index (κ1) is 102. The van der Waals surface area contributed by atoms with Crippen molar-refractivity contribution in [2.45, 2.75) is 258 Å². The molecule has 0 atom stereocenters. The number of nitrogens with one attached hydrogen (secondary N) is 3. The summed E-state index contributed by atoms with van der Waals surface area (Å²) in [6, 6.07) is 41.6. The maximum Gasteiger partial charge on any atom is 0.299 e. The van der Waals surface area contributed by atoms with Crippen molar-refractivity contribution in [2.24, 2.45) is 0 Å². The van der Waals surface area contributed by atoms with Crippen LogP contribution in [0.25, 0.3) is 54.2 Å². The lowest BCUT2D eigenvalue weighted by Gasteiger charge is -2.12. The van der Waals surface area contributed by atoms with E-state index in [2.05, 4.69) is 71.0 Å². The van der Waals surface area contributed by atoms with E-state index in [0.29, 0.717) is 96.6 Å². The number of aromatic nitrogens is 7. The first-order chi connectivity index (χ1) is 63.2. The van der Waals surface area contributed by atoms with Crippen LogP contribution in [0.1, 0.15) is 321 Å². The second-order valence-electron chi connectivity index (χ2n) is 33.3. The summed E-state index contributed by atoms with van der Waals surface area (Å²) in [5.41, 5.74) is 6.42. The van der Waals surface area contributed by atoms with Gasteiger partial charge in [0, 0.05) is 61.6 Å². The Morgan fingerprint density at radius 1 is 0.481 bits per heavy atom. The summed E-state index contributed by atoms with van der Waals surface area (Å²) in [6.07, 6.45) is 38.9. The molecule has 13 aromatic rings. The van der Waals surface area contributed by atoms with Gasteiger partial charge in [0.2, 0.25) is 42.5 Å². The predicted octanol–water partition coefficient (Wildman–Crippen LogP) is 25.4. The number of aromatic hydroxyl groups is 4. The Morgan fingerprint density at radius 3 is 1.59 bits per heavy atom. The molecule has 26 nitrogen and oxygen atoms in total. The van der Waals surface area contributed by atoms with E-state index >= 15 is 0 Å². The van der Waals surface area contributed by atoms with Gasteiger partial charge in [-0.15, -0.1) is 10.2 Å². The molecule has 698 valence electrons. The summed E-state index contributed by atoms with van der Waals surface area (Å²) in [7, 11) is -7.18. The van der Waals surface area contributed by atoms with Crippen LogP contribution in [-0.2, 0) is 29.5 Å². The number of phenols is 4.